The van der Waals surface area contributed by atoms with Gasteiger partial charge in [0.15, 0.2) is 5.69 Å². The summed E-state index contributed by atoms with van der Waals surface area (Å²) in [6, 6.07) is 11.2. The molecule has 0 saturated carbocycles. The summed E-state index contributed by atoms with van der Waals surface area (Å²) < 4.78 is 6.93. The van der Waals surface area contributed by atoms with Crippen LogP contribution in [0.4, 0.5) is 0 Å². The van der Waals surface area contributed by atoms with E-state index in [2.05, 4.69) is 16.0 Å². The lowest BCUT2D eigenvalue weighted by atomic mass is 10.2. The first-order chi connectivity index (χ1) is 11.1. The van der Waals surface area contributed by atoms with Gasteiger partial charge in [0.2, 0.25) is 0 Å². The van der Waals surface area contributed by atoms with Crippen molar-refractivity contribution in [2.75, 3.05) is 6.61 Å². The second-order valence-electron chi connectivity index (χ2n) is 5.36. The molecule has 0 spiro atoms. The minimum atomic E-state index is -0.487. The summed E-state index contributed by atoms with van der Waals surface area (Å²) >= 11 is 0. The summed E-state index contributed by atoms with van der Waals surface area (Å²) in [5.74, 6) is -0.802. The van der Waals surface area contributed by atoms with Crippen LogP contribution in [0.5, 0.6) is 0 Å². The van der Waals surface area contributed by atoms with E-state index in [9.17, 15) is 9.59 Å². The zero-order chi connectivity index (χ0) is 16.2. The molecule has 0 aliphatic carbocycles. The highest BCUT2D eigenvalue weighted by molar-refractivity contribution is 5.94. The van der Waals surface area contributed by atoms with E-state index in [0.29, 0.717) is 13.0 Å². The Hall–Kier alpha value is -2.67. The second kappa shape index (κ2) is 6.62. The minimum Gasteiger partial charge on any atom is -0.368 e. The van der Waals surface area contributed by atoms with E-state index < -0.39 is 12.0 Å². The van der Waals surface area contributed by atoms with Crippen LogP contribution < -0.4 is 10.9 Å². The van der Waals surface area contributed by atoms with Crippen molar-refractivity contribution in [1.29, 1.82) is 0 Å². The summed E-state index contributed by atoms with van der Waals surface area (Å²) in [7, 11) is 0. The zero-order valence-corrected chi connectivity index (χ0v) is 12.8. The number of carbonyl (C=O) groups excluding carboxylic acids is 2. The number of aryl methyl sites for hydroxylation is 1. The third kappa shape index (κ3) is 3.40. The van der Waals surface area contributed by atoms with Gasteiger partial charge in [0.1, 0.15) is 6.10 Å². The number of hydrogen-bond acceptors (Lipinski definition) is 4. The van der Waals surface area contributed by atoms with E-state index in [1.165, 1.54) is 0 Å². The molecule has 2 amide bonds. The number of nitrogens with one attached hydrogen (secondary N) is 2. The molecule has 0 radical (unpaired) electrons. The predicted octanol–water partition coefficient (Wildman–Crippen LogP) is 1.12. The fraction of sp³-hybridized carbons (Fsp3) is 0.312. The Morgan fingerprint density at radius 3 is 2.74 bits per heavy atom. The molecule has 2 aromatic rings. The van der Waals surface area contributed by atoms with E-state index in [4.69, 9.17) is 4.74 Å². The Morgan fingerprint density at radius 1 is 1.26 bits per heavy atom. The van der Waals surface area contributed by atoms with Crippen LogP contribution >= 0.6 is 0 Å². The lowest BCUT2D eigenvalue weighted by Crippen LogP contribution is -2.46. The van der Waals surface area contributed by atoms with E-state index >= 15 is 0 Å². The normalized spacial score (nSPS) is 17.0. The lowest BCUT2D eigenvalue weighted by molar-refractivity contribution is -0.130. The number of ether oxygens (including phenoxy) is 1. The molecular weight excluding hydrogens is 296 g/mol. The molecule has 120 valence electrons. The number of nitrogens with zero attached hydrogens (tertiary/aromatic N) is 2. The van der Waals surface area contributed by atoms with Crippen LogP contribution in [0.25, 0.3) is 5.69 Å². The van der Waals surface area contributed by atoms with Crippen molar-refractivity contribution in [3.8, 4) is 5.69 Å². The molecule has 1 aliphatic rings. The van der Waals surface area contributed by atoms with Crippen molar-refractivity contribution in [1.82, 2.24) is 20.6 Å². The van der Waals surface area contributed by atoms with E-state index in [-0.39, 0.29) is 11.6 Å². The fourth-order valence-corrected chi connectivity index (χ4v) is 2.46. The molecule has 2 heterocycles. The van der Waals surface area contributed by atoms with Gasteiger partial charge in [-0.1, -0.05) is 18.2 Å². The molecule has 1 aromatic heterocycles. The maximum atomic E-state index is 12.1. The van der Waals surface area contributed by atoms with Gasteiger partial charge < -0.3 is 4.74 Å². The molecule has 1 atom stereocenters. The van der Waals surface area contributed by atoms with Crippen LogP contribution in [0.2, 0.25) is 0 Å². The molecule has 0 unspecified atom stereocenters. The van der Waals surface area contributed by atoms with Gasteiger partial charge in [-0.2, -0.15) is 5.10 Å². The Kier molecular flexibility index (Phi) is 4.38. The van der Waals surface area contributed by atoms with Crippen molar-refractivity contribution in [3.63, 3.8) is 0 Å². The number of amides is 2. The third-order valence-electron chi connectivity index (χ3n) is 3.64. The highest BCUT2D eigenvalue weighted by Gasteiger charge is 2.24. The maximum absolute atomic E-state index is 12.1. The quantitative estimate of drug-likeness (QED) is 0.832. The van der Waals surface area contributed by atoms with Crippen molar-refractivity contribution in [2.24, 2.45) is 0 Å². The topological polar surface area (TPSA) is 85.2 Å². The molecule has 1 aromatic carbocycles. The Labute approximate surface area is 133 Å². The molecule has 0 bridgehead atoms. The average Bonchev–Trinajstić information content (AvgIpc) is 3.23. The van der Waals surface area contributed by atoms with Gasteiger partial charge in [0, 0.05) is 12.3 Å². The number of hydrazine groups is 1. The molecule has 1 aliphatic heterocycles. The molecule has 7 nitrogen and oxygen atoms in total. The largest absolute Gasteiger partial charge is 0.368 e. The van der Waals surface area contributed by atoms with Gasteiger partial charge in [0.25, 0.3) is 11.8 Å². The minimum absolute atomic E-state index is 0.235. The fourth-order valence-electron chi connectivity index (χ4n) is 2.46. The molecule has 7 heteroatoms. The summed E-state index contributed by atoms with van der Waals surface area (Å²) in [6.45, 7) is 2.44. The number of rotatable bonds is 3. The average molecular weight is 314 g/mol. The number of carbonyl (C=O) groups is 2. The van der Waals surface area contributed by atoms with E-state index in [1.807, 2.05) is 37.3 Å². The standard InChI is InChI=1S/C16H18N4O3/c1-11-10-13(19-20(11)12-6-3-2-4-7-12)15(21)17-18-16(22)14-8-5-9-23-14/h2-4,6-7,10,14H,5,8-9H2,1H3,(H,17,21)(H,18,22)/t14-/m1/s1. The number of aromatic nitrogens is 2. The summed E-state index contributed by atoms with van der Waals surface area (Å²) in [4.78, 5) is 23.9. The smallest absolute Gasteiger partial charge is 0.290 e. The Balaban J connectivity index is 1.65. The van der Waals surface area contributed by atoms with Gasteiger partial charge in [-0.05, 0) is 38.0 Å². The van der Waals surface area contributed by atoms with Gasteiger partial charge in [0.05, 0.1) is 5.69 Å². The van der Waals surface area contributed by atoms with Crippen LogP contribution in [0.15, 0.2) is 36.4 Å². The number of hydrogen-bond donors (Lipinski definition) is 2. The van der Waals surface area contributed by atoms with Crippen LogP contribution in [-0.4, -0.2) is 34.3 Å². The van der Waals surface area contributed by atoms with Gasteiger partial charge in [-0.25, -0.2) is 4.68 Å². The first kappa shape index (κ1) is 15.2. The molecule has 2 N–H and O–H groups in total. The summed E-state index contributed by atoms with van der Waals surface area (Å²) in [5, 5.41) is 4.28. The summed E-state index contributed by atoms with van der Waals surface area (Å²) in [6.07, 6.45) is 1.04. The first-order valence-electron chi connectivity index (χ1n) is 7.49. The lowest BCUT2D eigenvalue weighted by Gasteiger charge is -2.10. The molecule has 23 heavy (non-hydrogen) atoms. The highest BCUT2D eigenvalue weighted by Crippen LogP contribution is 2.12. The van der Waals surface area contributed by atoms with Crippen LogP contribution in [0, 0.1) is 6.92 Å². The van der Waals surface area contributed by atoms with Crippen molar-refractivity contribution in [3.05, 3.63) is 47.8 Å². The van der Waals surface area contributed by atoms with Crippen LogP contribution in [0.3, 0.4) is 0 Å². The molecule has 3 rings (SSSR count). The maximum Gasteiger partial charge on any atom is 0.290 e. The van der Waals surface area contributed by atoms with E-state index in [0.717, 1.165) is 17.8 Å². The van der Waals surface area contributed by atoms with Gasteiger partial charge >= 0.3 is 0 Å². The number of benzene rings is 1. The SMILES string of the molecule is Cc1cc(C(=O)NNC(=O)[C@H]2CCCO2)nn1-c1ccccc1. The second-order valence-corrected chi connectivity index (χ2v) is 5.36. The van der Waals surface area contributed by atoms with E-state index in [1.54, 1.807) is 10.7 Å². The number of para-hydroxylation sites is 1. The molecular formula is C16H18N4O3. The highest BCUT2D eigenvalue weighted by atomic mass is 16.5. The van der Waals surface area contributed by atoms with Crippen molar-refractivity contribution >= 4 is 11.8 Å². The van der Waals surface area contributed by atoms with Crippen LogP contribution in [-0.2, 0) is 9.53 Å². The van der Waals surface area contributed by atoms with Gasteiger partial charge in [-0.15, -0.1) is 0 Å². The first-order valence-corrected chi connectivity index (χ1v) is 7.49. The monoisotopic (exact) mass is 314 g/mol. The Bertz CT molecular complexity index is 705. The molecule has 1 fully saturated rings. The van der Waals surface area contributed by atoms with Crippen LogP contribution in [0.1, 0.15) is 29.0 Å². The predicted molar refractivity (Wildman–Crippen MR) is 82.9 cm³/mol. The Morgan fingerprint density at radius 2 is 2.04 bits per heavy atom. The zero-order valence-electron chi connectivity index (χ0n) is 12.8. The van der Waals surface area contributed by atoms with Crippen molar-refractivity contribution in [2.45, 2.75) is 25.9 Å². The third-order valence-corrected chi connectivity index (χ3v) is 3.64. The molecule has 1 saturated heterocycles. The van der Waals surface area contributed by atoms with Gasteiger partial charge in [-0.3, -0.25) is 20.4 Å². The summed E-state index contributed by atoms with van der Waals surface area (Å²) in [5.41, 5.74) is 6.68. The van der Waals surface area contributed by atoms with Crippen molar-refractivity contribution < 1.29 is 14.3 Å².